The van der Waals surface area contributed by atoms with Crippen molar-refractivity contribution in [1.29, 1.82) is 0 Å². The molecule has 2 aliphatic rings. The van der Waals surface area contributed by atoms with Crippen molar-refractivity contribution in [2.45, 2.75) is 25.6 Å². The fourth-order valence-corrected chi connectivity index (χ4v) is 3.91. The van der Waals surface area contributed by atoms with E-state index in [-0.39, 0.29) is 30.5 Å². The first-order valence-corrected chi connectivity index (χ1v) is 9.16. The highest BCUT2D eigenvalue weighted by atomic mass is 19.4. The molecule has 1 unspecified atom stereocenters. The van der Waals surface area contributed by atoms with Crippen molar-refractivity contribution in [3.8, 4) is 0 Å². The third kappa shape index (κ3) is 3.48. The lowest BCUT2D eigenvalue weighted by atomic mass is 9.98. The number of hydrogen-bond donors (Lipinski definition) is 0. The summed E-state index contributed by atoms with van der Waals surface area (Å²) in [5.74, 6) is -0.972. The first-order chi connectivity index (χ1) is 13.3. The van der Waals surface area contributed by atoms with Crippen LogP contribution in [0.1, 0.15) is 23.1 Å². The first kappa shape index (κ1) is 18.5. The normalized spacial score (nSPS) is 19.7. The molecule has 0 aromatic heterocycles. The summed E-state index contributed by atoms with van der Waals surface area (Å²) in [6, 6.07) is 12.6. The Morgan fingerprint density at radius 1 is 1.04 bits per heavy atom. The van der Waals surface area contributed by atoms with E-state index in [0.717, 1.165) is 24.1 Å². The van der Waals surface area contributed by atoms with Gasteiger partial charge >= 0.3 is 6.18 Å². The van der Waals surface area contributed by atoms with Gasteiger partial charge in [0.05, 0.1) is 11.5 Å². The average molecular weight is 388 g/mol. The number of halogens is 3. The molecular weight excluding hydrogens is 369 g/mol. The van der Waals surface area contributed by atoms with Gasteiger partial charge in [-0.05, 0) is 35.7 Å². The molecular formula is C21H19F3N2O2. The zero-order valence-corrected chi connectivity index (χ0v) is 15.1. The summed E-state index contributed by atoms with van der Waals surface area (Å²) in [7, 11) is 0. The van der Waals surface area contributed by atoms with Crippen molar-refractivity contribution in [2.75, 3.05) is 18.0 Å². The van der Waals surface area contributed by atoms with Crippen LogP contribution in [0, 0.1) is 5.92 Å². The molecule has 2 aliphatic heterocycles. The van der Waals surface area contributed by atoms with Gasteiger partial charge in [-0.3, -0.25) is 9.59 Å². The number of anilines is 1. The van der Waals surface area contributed by atoms with Crippen molar-refractivity contribution < 1.29 is 22.8 Å². The SMILES string of the molecule is O=C(C1CC(=O)N(c2cccc(C(F)(F)F)c2)C1)N1CCc2ccccc2C1. The zero-order valence-electron chi connectivity index (χ0n) is 15.1. The lowest BCUT2D eigenvalue weighted by molar-refractivity contribution is -0.137. The number of benzene rings is 2. The van der Waals surface area contributed by atoms with Gasteiger partial charge in [-0.15, -0.1) is 0 Å². The maximum atomic E-state index is 13.0. The molecule has 1 saturated heterocycles. The van der Waals surface area contributed by atoms with Gasteiger partial charge < -0.3 is 9.80 Å². The van der Waals surface area contributed by atoms with Gasteiger partial charge in [0, 0.05) is 31.7 Å². The number of fused-ring (bicyclic) bond motifs is 1. The predicted octanol–water partition coefficient (Wildman–Crippen LogP) is 3.64. The van der Waals surface area contributed by atoms with Crippen LogP contribution < -0.4 is 4.90 Å². The summed E-state index contributed by atoms with van der Waals surface area (Å²) in [5.41, 5.74) is 1.69. The predicted molar refractivity (Wildman–Crippen MR) is 97.5 cm³/mol. The van der Waals surface area contributed by atoms with E-state index in [1.165, 1.54) is 22.6 Å². The Bertz CT molecular complexity index is 926. The molecule has 2 heterocycles. The van der Waals surface area contributed by atoms with Crippen LogP contribution >= 0.6 is 0 Å². The van der Waals surface area contributed by atoms with Crippen LogP contribution in [0.25, 0.3) is 0 Å². The maximum absolute atomic E-state index is 13.0. The number of nitrogens with zero attached hydrogens (tertiary/aromatic N) is 2. The lowest BCUT2D eigenvalue weighted by Crippen LogP contribution is -2.40. The van der Waals surface area contributed by atoms with Crippen LogP contribution in [0.4, 0.5) is 18.9 Å². The van der Waals surface area contributed by atoms with Crippen molar-refractivity contribution >= 4 is 17.5 Å². The minimum atomic E-state index is -4.48. The second-order valence-electron chi connectivity index (χ2n) is 7.23. The number of alkyl halides is 3. The summed E-state index contributed by atoms with van der Waals surface area (Å²) in [4.78, 5) is 28.4. The van der Waals surface area contributed by atoms with Crippen LogP contribution in [-0.4, -0.2) is 29.8 Å². The monoisotopic (exact) mass is 388 g/mol. The van der Waals surface area contributed by atoms with Crippen molar-refractivity contribution in [3.63, 3.8) is 0 Å². The Hall–Kier alpha value is -2.83. The lowest BCUT2D eigenvalue weighted by Gasteiger charge is -2.30. The largest absolute Gasteiger partial charge is 0.416 e. The van der Waals surface area contributed by atoms with E-state index in [1.54, 1.807) is 4.90 Å². The van der Waals surface area contributed by atoms with Gasteiger partial charge in [0.1, 0.15) is 0 Å². The smallest absolute Gasteiger partial charge is 0.338 e. The molecule has 4 rings (SSSR count). The van der Waals surface area contributed by atoms with E-state index in [0.29, 0.717) is 13.1 Å². The van der Waals surface area contributed by atoms with Crippen molar-refractivity contribution in [3.05, 3.63) is 65.2 Å². The Morgan fingerprint density at radius 3 is 2.54 bits per heavy atom. The second kappa shape index (κ2) is 6.96. The fraction of sp³-hybridized carbons (Fsp3) is 0.333. The highest BCUT2D eigenvalue weighted by Crippen LogP contribution is 2.34. The molecule has 1 fully saturated rings. The number of amides is 2. The van der Waals surface area contributed by atoms with Gasteiger partial charge in [-0.25, -0.2) is 0 Å². The highest BCUT2D eigenvalue weighted by Gasteiger charge is 2.39. The molecule has 0 N–H and O–H groups in total. The molecule has 0 saturated carbocycles. The average Bonchev–Trinajstić information content (AvgIpc) is 3.08. The molecule has 2 amide bonds. The quantitative estimate of drug-likeness (QED) is 0.788. The number of rotatable bonds is 2. The van der Waals surface area contributed by atoms with Gasteiger partial charge in [-0.1, -0.05) is 30.3 Å². The topological polar surface area (TPSA) is 40.6 Å². The Labute approximate surface area is 160 Å². The third-order valence-electron chi connectivity index (χ3n) is 5.40. The van der Waals surface area contributed by atoms with Crippen molar-refractivity contribution in [1.82, 2.24) is 4.90 Å². The van der Waals surface area contributed by atoms with Crippen LogP contribution in [0.15, 0.2) is 48.5 Å². The molecule has 28 heavy (non-hydrogen) atoms. The Balaban J connectivity index is 1.49. The molecule has 4 nitrogen and oxygen atoms in total. The second-order valence-corrected chi connectivity index (χ2v) is 7.23. The summed E-state index contributed by atoms with van der Waals surface area (Å²) in [6.45, 7) is 1.20. The van der Waals surface area contributed by atoms with E-state index >= 15 is 0 Å². The Morgan fingerprint density at radius 2 is 1.79 bits per heavy atom. The minimum absolute atomic E-state index is 0.0211. The molecule has 0 spiro atoms. The fourth-order valence-electron chi connectivity index (χ4n) is 3.91. The van der Waals surface area contributed by atoms with E-state index in [1.807, 2.05) is 24.3 Å². The van der Waals surface area contributed by atoms with Gasteiger partial charge in [0.25, 0.3) is 0 Å². The van der Waals surface area contributed by atoms with Gasteiger partial charge in [0.15, 0.2) is 0 Å². The summed E-state index contributed by atoms with van der Waals surface area (Å²) in [6.07, 6.45) is -3.69. The molecule has 1 atom stereocenters. The molecule has 2 aromatic carbocycles. The Kier molecular flexibility index (Phi) is 4.61. The molecule has 0 radical (unpaired) electrons. The summed E-state index contributed by atoms with van der Waals surface area (Å²) >= 11 is 0. The van der Waals surface area contributed by atoms with Crippen LogP contribution in [0.3, 0.4) is 0 Å². The maximum Gasteiger partial charge on any atom is 0.416 e. The molecule has 0 bridgehead atoms. The molecule has 2 aromatic rings. The van der Waals surface area contributed by atoms with Crippen LogP contribution in [0.5, 0.6) is 0 Å². The van der Waals surface area contributed by atoms with E-state index in [9.17, 15) is 22.8 Å². The van der Waals surface area contributed by atoms with Crippen LogP contribution in [0.2, 0.25) is 0 Å². The van der Waals surface area contributed by atoms with Crippen molar-refractivity contribution in [2.24, 2.45) is 5.92 Å². The summed E-state index contributed by atoms with van der Waals surface area (Å²) < 4.78 is 38.9. The zero-order chi connectivity index (χ0) is 19.9. The standard InChI is InChI=1S/C21H19F3N2O2/c22-21(23,24)17-6-3-7-18(11-17)26-13-16(10-19(26)27)20(28)25-9-8-14-4-1-2-5-15(14)12-25/h1-7,11,16H,8-10,12-13H2. The minimum Gasteiger partial charge on any atom is -0.338 e. The summed E-state index contributed by atoms with van der Waals surface area (Å²) in [5, 5.41) is 0. The van der Waals surface area contributed by atoms with Crippen LogP contribution in [-0.2, 0) is 28.7 Å². The highest BCUT2D eigenvalue weighted by molar-refractivity contribution is 6.00. The van der Waals surface area contributed by atoms with E-state index < -0.39 is 17.7 Å². The van der Waals surface area contributed by atoms with Gasteiger partial charge in [-0.2, -0.15) is 13.2 Å². The molecule has 0 aliphatic carbocycles. The molecule has 7 heteroatoms. The molecule has 146 valence electrons. The first-order valence-electron chi connectivity index (χ1n) is 9.16. The van der Waals surface area contributed by atoms with Gasteiger partial charge in [0.2, 0.25) is 11.8 Å². The number of carbonyl (C=O) groups is 2. The van der Waals surface area contributed by atoms with E-state index in [4.69, 9.17) is 0 Å². The third-order valence-corrected chi connectivity index (χ3v) is 5.40. The number of carbonyl (C=O) groups excluding carboxylic acids is 2. The van der Waals surface area contributed by atoms with E-state index in [2.05, 4.69) is 0 Å². The number of hydrogen-bond acceptors (Lipinski definition) is 2.